The molecule has 0 bridgehead atoms. The second-order valence-corrected chi connectivity index (χ2v) is 7.97. The highest BCUT2D eigenvalue weighted by molar-refractivity contribution is 7.97. The molecule has 1 aliphatic rings. The fourth-order valence-electron chi connectivity index (χ4n) is 2.72. The highest BCUT2D eigenvalue weighted by Gasteiger charge is 2.40. The summed E-state index contributed by atoms with van der Waals surface area (Å²) < 4.78 is 38.9. The summed E-state index contributed by atoms with van der Waals surface area (Å²) in [4.78, 5) is 12.6. The lowest BCUT2D eigenvalue weighted by atomic mass is 10.1. The molecular weight excluding hydrogens is 355 g/mol. The Morgan fingerprint density at radius 1 is 1.12 bits per heavy atom. The lowest BCUT2D eigenvalue weighted by molar-refractivity contribution is -0.112. The highest BCUT2D eigenvalue weighted by atomic mass is 32.2. The first-order chi connectivity index (χ1) is 12.3. The van der Waals surface area contributed by atoms with Gasteiger partial charge < -0.3 is 10.6 Å². The van der Waals surface area contributed by atoms with Crippen molar-refractivity contribution in [1.29, 1.82) is 0 Å². The van der Waals surface area contributed by atoms with Crippen molar-refractivity contribution < 1.29 is 17.6 Å². The first-order valence-corrected chi connectivity index (χ1v) is 9.75. The zero-order valence-corrected chi connectivity index (χ0v) is 15.2. The topological polar surface area (TPSA) is 75.3 Å². The summed E-state index contributed by atoms with van der Waals surface area (Å²) >= 11 is 0. The molecule has 7 heteroatoms. The Kier molecular flexibility index (Phi) is 4.82. The Morgan fingerprint density at radius 2 is 1.77 bits per heavy atom. The normalized spacial score (nSPS) is 16.1. The van der Waals surface area contributed by atoms with Crippen LogP contribution in [0.25, 0.3) is 5.70 Å². The number of sulfone groups is 1. The van der Waals surface area contributed by atoms with E-state index >= 15 is 0 Å². The van der Waals surface area contributed by atoms with Crippen LogP contribution in [0.2, 0.25) is 0 Å². The second-order valence-electron chi connectivity index (χ2n) is 6.12. The fourth-order valence-corrected chi connectivity index (χ4v) is 4.39. The molecule has 0 saturated heterocycles. The minimum absolute atomic E-state index is 0.0139. The minimum Gasteiger partial charge on any atom is -0.381 e. The Labute approximate surface area is 151 Å². The van der Waals surface area contributed by atoms with E-state index < -0.39 is 21.6 Å². The molecule has 0 aromatic heterocycles. The van der Waals surface area contributed by atoms with Crippen LogP contribution in [0, 0.1) is 5.82 Å². The van der Waals surface area contributed by atoms with Crippen LogP contribution in [0.1, 0.15) is 25.8 Å². The lowest BCUT2D eigenvalue weighted by Gasteiger charge is -2.16. The van der Waals surface area contributed by atoms with Crippen molar-refractivity contribution in [2.45, 2.75) is 31.2 Å². The average molecular weight is 374 g/mol. The predicted molar refractivity (Wildman–Crippen MR) is 98.5 cm³/mol. The van der Waals surface area contributed by atoms with E-state index in [9.17, 15) is 17.6 Å². The number of halogens is 1. The van der Waals surface area contributed by atoms with E-state index in [-0.39, 0.29) is 15.8 Å². The Bertz CT molecular complexity index is 982. The third kappa shape index (κ3) is 3.22. The van der Waals surface area contributed by atoms with Gasteiger partial charge in [0.15, 0.2) is 4.91 Å². The van der Waals surface area contributed by atoms with Crippen LogP contribution in [-0.4, -0.2) is 20.4 Å². The summed E-state index contributed by atoms with van der Waals surface area (Å²) in [6.07, 6.45) is 0.762. The van der Waals surface area contributed by atoms with Crippen LogP contribution >= 0.6 is 0 Å². The number of hydrogen-bond donors (Lipinski definition) is 2. The molecule has 0 saturated carbocycles. The minimum atomic E-state index is -3.95. The number of nitrogens with one attached hydrogen (secondary N) is 2. The summed E-state index contributed by atoms with van der Waals surface area (Å²) in [5.74, 6) is -1.19. The predicted octanol–water partition coefficient (Wildman–Crippen LogP) is 3.31. The zero-order valence-electron chi connectivity index (χ0n) is 14.4. The molecule has 2 N–H and O–H groups in total. The van der Waals surface area contributed by atoms with E-state index in [2.05, 4.69) is 10.6 Å². The maximum Gasteiger partial charge on any atom is 0.269 e. The van der Waals surface area contributed by atoms with Crippen LogP contribution in [0.5, 0.6) is 0 Å². The molecule has 0 aliphatic carbocycles. The van der Waals surface area contributed by atoms with Gasteiger partial charge in [0.1, 0.15) is 5.82 Å². The van der Waals surface area contributed by atoms with Crippen molar-refractivity contribution in [3.63, 3.8) is 0 Å². The van der Waals surface area contributed by atoms with Gasteiger partial charge in [-0.15, -0.1) is 0 Å². The number of carbonyl (C=O) groups is 1. The first-order valence-electron chi connectivity index (χ1n) is 8.26. The van der Waals surface area contributed by atoms with Gasteiger partial charge in [-0.3, -0.25) is 4.79 Å². The van der Waals surface area contributed by atoms with E-state index in [4.69, 9.17) is 0 Å². The lowest BCUT2D eigenvalue weighted by Crippen LogP contribution is -2.27. The molecule has 0 unspecified atom stereocenters. The molecule has 0 spiro atoms. The van der Waals surface area contributed by atoms with Crippen molar-refractivity contribution in [3.05, 3.63) is 64.8 Å². The average Bonchev–Trinajstić information content (AvgIpc) is 2.84. The number of rotatable bonds is 5. The Morgan fingerprint density at radius 3 is 2.42 bits per heavy atom. The van der Waals surface area contributed by atoms with Crippen molar-refractivity contribution >= 4 is 27.1 Å². The monoisotopic (exact) mass is 374 g/mol. The number of amides is 1. The maximum absolute atomic E-state index is 13.0. The fraction of sp³-hybridized carbons (Fsp3) is 0.211. The van der Waals surface area contributed by atoms with Gasteiger partial charge in [-0.25, -0.2) is 12.8 Å². The largest absolute Gasteiger partial charge is 0.381 e. The highest BCUT2D eigenvalue weighted by Crippen LogP contribution is 2.38. The van der Waals surface area contributed by atoms with Crippen LogP contribution in [0.3, 0.4) is 0 Å². The summed E-state index contributed by atoms with van der Waals surface area (Å²) in [6.45, 7) is 3.88. The molecule has 1 amide bonds. The molecule has 0 radical (unpaired) electrons. The van der Waals surface area contributed by atoms with E-state index in [1.807, 2.05) is 13.8 Å². The third-order valence-electron chi connectivity index (χ3n) is 4.25. The van der Waals surface area contributed by atoms with Crippen LogP contribution in [0.4, 0.5) is 10.1 Å². The van der Waals surface area contributed by atoms with E-state index in [1.165, 1.54) is 30.3 Å². The molecule has 2 aromatic rings. The van der Waals surface area contributed by atoms with Crippen LogP contribution < -0.4 is 10.6 Å². The molecule has 1 atom stereocenters. The van der Waals surface area contributed by atoms with Gasteiger partial charge in [-0.1, -0.05) is 25.1 Å². The Balaban J connectivity index is 2.06. The van der Waals surface area contributed by atoms with Crippen molar-refractivity contribution in [1.82, 2.24) is 5.32 Å². The van der Waals surface area contributed by atoms with Crippen molar-refractivity contribution in [2.24, 2.45) is 0 Å². The van der Waals surface area contributed by atoms with Gasteiger partial charge in [-0.2, -0.15) is 0 Å². The standard InChI is InChI=1S/C19H19FN2O3S/c1-3-12(2)21-17-15-6-4-5-7-16(15)26(24,25)18(17)19(23)22-14-10-8-13(20)9-11-14/h4-12,21H,3H2,1-2H3,(H,22,23)/t12-/m1/s1. The quantitative estimate of drug-likeness (QED) is 0.842. The second kappa shape index (κ2) is 6.92. The van der Waals surface area contributed by atoms with Gasteiger partial charge in [0.2, 0.25) is 9.84 Å². The number of benzene rings is 2. The molecule has 2 aromatic carbocycles. The maximum atomic E-state index is 13.0. The summed E-state index contributed by atoms with van der Waals surface area (Å²) in [5, 5.41) is 5.69. The molecule has 136 valence electrons. The van der Waals surface area contributed by atoms with Crippen molar-refractivity contribution in [3.8, 4) is 0 Å². The van der Waals surface area contributed by atoms with Crippen molar-refractivity contribution in [2.75, 3.05) is 5.32 Å². The number of carbonyl (C=O) groups excluding carboxylic acids is 1. The first kappa shape index (κ1) is 18.1. The van der Waals surface area contributed by atoms with E-state index in [1.54, 1.807) is 18.2 Å². The molecule has 5 nitrogen and oxygen atoms in total. The SMILES string of the molecule is CC[C@@H](C)NC1=C(C(=O)Nc2ccc(F)cc2)S(=O)(=O)c2ccccc21. The Hall–Kier alpha value is -2.67. The summed E-state index contributed by atoms with van der Waals surface area (Å²) in [5.41, 5.74) is 1.10. The van der Waals surface area contributed by atoms with Crippen LogP contribution in [-0.2, 0) is 14.6 Å². The third-order valence-corrected chi connectivity index (χ3v) is 6.12. The zero-order chi connectivity index (χ0) is 18.9. The van der Waals surface area contributed by atoms with E-state index in [0.29, 0.717) is 16.9 Å². The van der Waals surface area contributed by atoms with Crippen LogP contribution in [0.15, 0.2) is 58.3 Å². The number of hydrogen-bond acceptors (Lipinski definition) is 4. The molecule has 3 rings (SSSR count). The molecule has 1 aliphatic heterocycles. The molecular formula is C19H19FN2O3S. The number of anilines is 1. The van der Waals surface area contributed by atoms with Gasteiger partial charge in [-0.05, 0) is 43.7 Å². The molecule has 0 fully saturated rings. The van der Waals surface area contributed by atoms with Gasteiger partial charge >= 0.3 is 0 Å². The molecule has 1 heterocycles. The van der Waals surface area contributed by atoms with Gasteiger partial charge in [0, 0.05) is 17.3 Å². The number of fused-ring (bicyclic) bond motifs is 1. The van der Waals surface area contributed by atoms with E-state index in [0.717, 1.165) is 6.42 Å². The summed E-state index contributed by atoms with van der Waals surface area (Å²) in [6, 6.07) is 11.7. The van der Waals surface area contributed by atoms with Gasteiger partial charge in [0.05, 0.1) is 10.6 Å². The smallest absolute Gasteiger partial charge is 0.269 e. The van der Waals surface area contributed by atoms with Gasteiger partial charge in [0.25, 0.3) is 5.91 Å². The molecule has 26 heavy (non-hydrogen) atoms. The summed E-state index contributed by atoms with van der Waals surface area (Å²) in [7, 11) is -3.95.